The molecule has 0 aliphatic heterocycles. The third kappa shape index (κ3) is 3.75. The minimum atomic E-state index is -0.222. The van der Waals surface area contributed by atoms with Gasteiger partial charge in [0, 0.05) is 60.2 Å². The Morgan fingerprint density at radius 1 is 0.444 bits per heavy atom. The summed E-state index contributed by atoms with van der Waals surface area (Å²) in [6.07, 6.45) is 0. The molecule has 3 heteroatoms. The standard InChI is InChI=1S/C51H34N2O/c1-51(2)40-23-10-6-18-37(40)44-47(51)45-38-19-7-11-24-41(38)53(49(45)46-39-20-8-12-25-42(39)52(48(44)46)32-15-4-3-5-16-32)33-29-27-31(28-30-33)34-21-14-22-36-35-17-9-13-26-43(35)54-50(34)36/h3-30H,1-2H3. The second kappa shape index (κ2) is 10.6. The highest BCUT2D eigenvalue weighted by molar-refractivity contribution is 6.31. The predicted octanol–water partition coefficient (Wildman–Crippen LogP) is 13.8. The Bertz CT molecular complexity index is 3340. The minimum Gasteiger partial charge on any atom is -0.455 e. The molecule has 0 saturated carbocycles. The van der Waals surface area contributed by atoms with Gasteiger partial charge in [-0.25, -0.2) is 0 Å². The van der Waals surface area contributed by atoms with Gasteiger partial charge in [0.15, 0.2) is 0 Å². The third-order valence-electron chi connectivity index (χ3n) is 12.1. The van der Waals surface area contributed by atoms with Crippen molar-refractivity contribution < 1.29 is 4.42 Å². The number of nitrogens with zero attached hydrogens (tertiary/aromatic N) is 2. The maximum atomic E-state index is 6.46. The minimum absolute atomic E-state index is 0.222. The largest absolute Gasteiger partial charge is 0.455 e. The van der Waals surface area contributed by atoms with Gasteiger partial charge in [-0.1, -0.05) is 141 Å². The van der Waals surface area contributed by atoms with Crippen molar-refractivity contribution in [2.24, 2.45) is 0 Å². The molecule has 0 saturated heterocycles. The number of hydrogen-bond acceptors (Lipinski definition) is 1. The first-order valence-electron chi connectivity index (χ1n) is 18.8. The van der Waals surface area contributed by atoms with Crippen LogP contribution in [-0.4, -0.2) is 9.13 Å². The molecule has 3 nitrogen and oxygen atoms in total. The number of para-hydroxylation sites is 5. The van der Waals surface area contributed by atoms with Crippen LogP contribution in [-0.2, 0) is 5.41 Å². The quantitative estimate of drug-likeness (QED) is 0.181. The van der Waals surface area contributed by atoms with Crippen LogP contribution in [0.15, 0.2) is 174 Å². The second-order valence-electron chi connectivity index (χ2n) is 15.2. The molecular formula is C51H34N2O. The summed E-state index contributed by atoms with van der Waals surface area (Å²) in [5.41, 5.74) is 16.5. The molecule has 12 rings (SSSR count). The van der Waals surface area contributed by atoms with Gasteiger partial charge in [0.1, 0.15) is 11.2 Å². The number of aromatic nitrogens is 2. The molecule has 0 fully saturated rings. The fraction of sp³-hybridized carbons (Fsp3) is 0.0588. The van der Waals surface area contributed by atoms with E-state index < -0.39 is 0 Å². The lowest BCUT2D eigenvalue weighted by molar-refractivity contribution is 0.667. The van der Waals surface area contributed by atoms with Crippen LogP contribution in [0.1, 0.15) is 25.0 Å². The maximum absolute atomic E-state index is 6.46. The van der Waals surface area contributed by atoms with Crippen LogP contribution in [0.2, 0.25) is 0 Å². The summed E-state index contributed by atoms with van der Waals surface area (Å²) in [4.78, 5) is 0. The summed E-state index contributed by atoms with van der Waals surface area (Å²) in [6, 6.07) is 61.8. The number of rotatable bonds is 3. The first-order valence-corrected chi connectivity index (χ1v) is 18.8. The monoisotopic (exact) mass is 690 g/mol. The topological polar surface area (TPSA) is 23.0 Å². The van der Waals surface area contributed by atoms with Gasteiger partial charge in [-0.15, -0.1) is 0 Å². The molecule has 0 unspecified atom stereocenters. The summed E-state index contributed by atoms with van der Waals surface area (Å²) in [7, 11) is 0. The molecule has 0 amide bonds. The van der Waals surface area contributed by atoms with Gasteiger partial charge < -0.3 is 13.6 Å². The Labute approximate surface area is 311 Å². The predicted molar refractivity (Wildman–Crippen MR) is 225 cm³/mol. The molecule has 1 aliphatic rings. The second-order valence-corrected chi connectivity index (χ2v) is 15.2. The fourth-order valence-corrected chi connectivity index (χ4v) is 9.84. The summed E-state index contributed by atoms with van der Waals surface area (Å²) in [5.74, 6) is 0. The molecule has 8 aromatic carbocycles. The van der Waals surface area contributed by atoms with Crippen molar-refractivity contribution in [1.29, 1.82) is 0 Å². The molecule has 0 bridgehead atoms. The SMILES string of the molecule is CC1(C)c2ccccc2-c2c1c1c3ccccc3n(-c3ccc(-c4cccc5c4oc4ccccc45)cc3)c1c1c3ccccc3n(-c3ccccc3)c21. The van der Waals surface area contributed by atoms with Gasteiger partial charge in [0.05, 0.1) is 22.1 Å². The Morgan fingerprint density at radius 2 is 1.02 bits per heavy atom. The molecule has 54 heavy (non-hydrogen) atoms. The van der Waals surface area contributed by atoms with Crippen molar-refractivity contribution >= 4 is 65.6 Å². The lowest BCUT2D eigenvalue weighted by atomic mass is 9.80. The van der Waals surface area contributed by atoms with Gasteiger partial charge in [-0.05, 0) is 64.7 Å². The van der Waals surface area contributed by atoms with E-state index in [0.29, 0.717) is 0 Å². The summed E-state index contributed by atoms with van der Waals surface area (Å²) in [5, 5.41) is 7.43. The van der Waals surface area contributed by atoms with Crippen LogP contribution in [0, 0.1) is 0 Å². The van der Waals surface area contributed by atoms with E-state index in [2.05, 4.69) is 187 Å². The van der Waals surface area contributed by atoms with E-state index in [-0.39, 0.29) is 5.41 Å². The highest BCUT2D eigenvalue weighted by Crippen LogP contribution is 2.58. The summed E-state index contributed by atoms with van der Waals surface area (Å²) < 4.78 is 11.5. The van der Waals surface area contributed by atoms with Crippen molar-refractivity contribution in [3.8, 4) is 33.6 Å². The Kier molecular flexibility index (Phi) is 5.84. The van der Waals surface area contributed by atoms with Crippen molar-refractivity contribution in [3.63, 3.8) is 0 Å². The number of furan rings is 1. The van der Waals surface area contributed by atoms with Gasteiger partial charge in [0.2, 0.25) is 0 Å². The molecule has 0 atom stereocenters. The highest BCUT2D eigenvalue weighted by Gasteiger charge is 2.41. The van der Waals surface area contributed by atoms with E-state index in [0.717, 1.165) is 38.8 Å². The van der Waals surface area contributed by atoms with Crippen LogP contribution in [0.3, 0.4) is 0 Å². The molecule has 0 N–H and O–H groups in total. The summed E-state index contributed by atoms with van der Waals surface area (Å²) >= 11 is 0. The van der Waals surface area contributed by atoms with Crippen LogP contribution in [0.5, 0.6) is 0 Å². The lowest BCUT2D eigenvalue weighted by Crippen LogP contribution is -2.15. The number of benzene rings is 8. The number of hydrogen-bond donors (Lipinski definition) is 0. The highest BCUT2D eigenvalue weighted by atomic mass is 16.3. The van der Waals surface area contributed by atoms with Gasteiger partial charge >= 0.3 is 0 Å². The van der Waals surface area contributed by atoms with E-state index in [4.69, 9.17) is 4.42 Å². The average Bonchev–Trinajstić information content (AvgIpc) is 3.94. The summed E-state index contributed by atoms with van der Waals surface area (Å²) in [6.45, 7) is 4.83. The van der Waals surface area contributed by atoms with Gasteiger partial charge in [-0.3, -0.25) is 0 Å². The molecule has 0 radical (unpaired) electrons. The van der Waals surface area contributed by atoms with Crippen molar-refractivity contribution in [2.75, 3.05) is 0 Å². The first-order chi connectivity index (χ1) is 26.6. The molecule has 3 heterocycles. The Morgan fingerprint density at radius 3 is 1.80 bits per heavy atom. The van der Waals surface area contributed by atoms with E-state index in [1.165, 1.54) is 71.6 Å². The zero-order valence-corrected chi connectivity index (χ0v) is 30.0. The first kappa shape index (κ1) is 29.7. The number of fused-ring (bicyclic) bond motifs is 15. The van der Waals surface area contributed by atoms with E-state index in [1.54, 1.807) is 0 Å². The Balaban J connectivity index is 1.23. The van der Waals surface area contributed by atoms with Crippen LogP contribution >= 0.6 is 0 Å². The molecule has 3 aromatic heterocycles. The van der Waals surface area contributed by atoms with Crippen LogP contribution in [0.4, 0.5) is 0 Å². The maximum Gasteiger partial charge on any atom is 0.143 e. The van der Waals surface area contributed by atoms with Crippen LogP contribution < -0.4 is 0 Å². The smallest absolute Gasteiger partial charge is 0.143 e. The molecule has 11 aromatic rings. The lowest BCUT2D eigenvalue weighted by Gasteiger charge is -2.23. The Hall–Kier alpha value is -6.84. The molecule has 0 spiro atoms. The molecule has 254 valence electrons. The van der Waals surface area contributed by atoms with Crippen molar-refractivity contribution in [2.45, 2.75) is 19.3 Å². The van der Waals surface area contributed by atoms with Crippen LogP contribution in [0.25, 0.3) is 99.2 Å². The zero-order chi connectivity index (χ0) is 35.7. The molecule has 1 aliphatic carbocycles. The van der Waals surface area contributed by atoms with E-state index >= 15 is 0 Å². The van der Waals surface area contributed by atoms with Gasteiger partial charge in [-0.2, -0.15) is 0 Å². The van der Waals surface area contributed by atoms with Crippen molar-refractivity contribution in [1.82, 2.24) is 9.13 Å². The van der Waals surface area contributed by atoms with Gasteiger partial charge in [0.25, 0.3) is 0 Å². The fourth-order valence-electron chi connectivity index (χ4n) is 9.84. The third-order valence-corrected chi connectivity index (χ3v) is 12.1. The average molecular weight is 691 g/mol. The van der Waals surface area contributed by atoms with E-state index in [9.17, 15) is 0 Å². The van der Waals surface area contributed by atoms with Crippen molar-refractivity contribution in [3.05, 3.63) is 181 Å². The molecular weight excluding hydrogens is 657 g/mol. The normalized spacial score (nSPS) is 13.5. The zero-order valence-electron chi connectivity index (χ0n) is 30.0. The van der Waals surface area contributed by atoms with E-state index in [1.807, 2.05) is 6.07 Å².